The zero-order valence-electron chi connectivity index (χ0n) is 18.1. The van der Waals surface area contributed by atoms with E-state index >= 15 is 0 Å². The maximum absolute atomic E-state index is 14.7. The van der Waals surface area contributed by atoms with E-state index in [1.807, 2.05) is 6.07 Å². The van der Waals surface area contributed by atoms with Crippen molar-refractivity contribution in [1.82, 2.24) is 39.7 Å². The first-order chi connectivity index (χ1) is 17.0. The lowest BCUT2D eigenvalue weighted by molar-refractivity contribution is 0.548. The van der Waals surface area contributed by atoms with Crippen LogP contribution in [0.1, 0.15) is 24.0 Å². The number of nitrogens with zero attached hydrogens (tertiary/aromatic N) is 7. The van der Waals surface area contributed by atoms with Crippen LogP contribution in [0.3, 0.4) is 0 Å². The molecule has 0 fully saturated rings. The first kappa shape index (κ1) is 21.2. The van der Waals surface area contributed by atoms with Crippen molar-refractivity contribution >= 4 is 17.4 Å². The van der Waals surface area contributed by atoms with Crippen LogP contribution in [0.2, 0.25) is 5.02 Å². The SMILES string of the molecule is Nc1ccc(-c2[nH]c([C@@H]3CCc4cc(-c5cc(Cl)ccc5-n5cnnn5)cc(=O)n43)nc2F)cn1. The molecule has 10 nitrogen and oxygen atoms in total. The van der Waals surface area contributed by atoms with Crippen molar-refractivity contribution in [3.05, 3.63) is 87.8 Å². The van der Waals surface area contributed by atoms with Crippen LogP contribution in [0.15, 0.2) is 59.8 Å². The second kappa shape index (κ2) is 8.13. The fourth-order valence-electron chi connectivity index (χ4n) is 4.49. The second-order valence-electron chi connectivity index (χ2n) is 8.17. The molecule has 35 heavy (non-hydrogen) atoms. The number of anilines is 1. The number of nitrogens with one attached hydrogen (secondary N) is 1. The van der Waals surface area contributed by atoms with Crippen LogP contribution in [0.5, 0.6) is 0 Å². The van der Waals surface area contributed by atoms with Crippen LogP contribution >= 0.6 is 11.6 Å². The molecule has 1 aromatic carbocycles. The molecule has 1 aliphatic heterocycles. The normalized spacial score (nSPS) is 14.9. The first-order valence-corrected chi connectivity index (χ1v) is 11.1. The molecule has 5 aromatic rings. The lowest BCUT2D eigenvalue weighted by atomic mass is 10.0. The minimum absolute atomic E-state index is 0.204. The molecule has 4 aromatic heterocycles. The highest BCUT2D eigenvalue weighted by Crippen LogP contribution is 2.34. The van der Waals surface area contributed by atoms with E-state index in [0.29, 0.717) is 46.3 Å². The topological polar surface area (TPSA) is 133 Å². The van der Waals surface area contributed by atoms with Gasteiger partial charge in [-0.25, -0.2) is 9.97 Å². The van der Waals surface area contributed by atoms with Crippen molar-refractivity contribution in [3.63, 3.8) is 0 Å². The Kier molecular flexibility index (Phi) is 4.92. The lowest BCUT2D eigenvalue weighted by Gasteiger charge is -2.15. The minimum atomic E-state index is -0.658. The van der Waals surface area contributed by atoms with Gasteiger partial charge in [0.05, 0.1) is 11.7 Å². The van der Waals surface area contributed by atoms with E-state index < -0.39 is 12.0 Å². The van der Waals surface area contributed by atoms with E-state index in [9.17, 15) is 9.18 Å². The van der Waals surface area contributed by atoms with Gasteiger partial charge in [-0.05, 0) is 65.2 Å². The number of benzene rings is 1. The maximum atomic E-state index is 14.7. The van der Waals surface area contributed by atoms with Gasteiger partial charge in [0.25, 0.3) is 5.56 Å². The van der Waals surface area contributed by atoms with Gasteiger partial charge in [0.1, 0.15) is 23.7 Å². The average Bonchev–Trinajstić information content (AvgIpc) is 3.59. The number of rotatable bonds is 4. The number of tetrazole rings is 1. The predicted molar refractivity (Wildman–Crippen MR) is 127 cm³/mol. The number of hydrogen-bond donors (Lipinski definition) is 2. The number of H-pyrrole nitrogens is 1. The summed E-state index contributed by atoms with van der Waals surface area (Å²) in [6, 6.07) is 11.6. The number of halogens is 2. The number of aryl methyl sites for hydroxylation is 1. The van der Waals surface area contributed by atoms with Crippen LogP contribution in [-0.2, 0) is 6.42 Å². The lowest BCUT2D eigenvalue weighted by Crippen LogP contribution is -2.24. The van der Waals surface area contributed by atoms with Crippen LogP contribution < -0.4 is 11.3 Å². The Bertz CT molecular complexity index is 1610. The Morgan fingerprint density at radius 1 is 1.14 bits per heavy atom. The van der Waals surface area contributed by atoms with Gasteiger partial charge in [0.2, 0.25) is 5.95 Å². The molecule has 0 bridgehead atoms. The maximum Gasteiger partial charge on any atom is 0.252 e. The van der Waals surface area contributed by atoms with Crippen molar-refractivity contribution < 1.29 is 4.39 Å². The Hall–Kier alpha value is -4.38. The Labute approximate surface area is 202 Å². The predicted octanol–water partition coefficient (Wildman–Crippen LogP) is 3.19. The number of nitrogens with two attached hydrogens (primary N) is 1. The van der Waals surface area contributed by atoms with Gasteiger partial charge < -0.3 is 15.3 Å². The smallest absolute Gasteiger partial charge is 0.252 e. The van der Waals surface area contributed by atoms with Crippen molar-refractivity contribution in [2.24, 2.45) is 0 Å². The number of aromatic amines is 1. The molecule has 0 saturated carbocycles. The third kappa shape index (κ3) is 3.66. The van der Waals surface area contributed by atoms with E-state index in [1.54, 1.807) is 34.9 Å². The summed E-state index contributed by atoms with van der Waals surface area (Å²) in [7, 11) is 0. The third-order valence-corrected chi connectivity index (χ3v) is 6.30. The van der Waals surface area contributed by atoms with Gasteiger partial charge in [0.15, 0.2) is 0 Å². The molecule has 1 aliphatic rings. The number of pyridine rings is 2. The standard InChI is InChI=1S/C23H17ClFN9O/c24-14-2-4-17(33-11-28-31-32-33)16(9-14)13-7-15-3-5-18(34(15)20(35)8-13)23-29-21(22(25)30-23)12-1-6-19(26)27-10-12/h1-2,4,6-11,18H,3,5H2,(H2,26,27)(H,29,30)/t18-/m0/s1. The minimum Gasteiger partial charge on any atom is -0.384 e. The molecule has 1 atom stereocenters. The molecule has 6 rings (SSSR count). The highest BCUT2D eigenvalue weighted by molar-refractivity contribution is 6.31. The van der Waals surface area contributed by atoms with Gasteiger partial charge in [0, 0.05) is 34.1 Å². The van der Waals surface area contributed by atoms with Gasteiger partial charge in [-0.1, -0.05) is 11.6 Å². The Morgan fingerprint density at radius 2 is 2.03 bits per heavy atom. The second-order valence-corrected chi connectivity index (χ2v) is 8.61. The summed E-state index contributed by atoms with van der Waals surface area (Å²) in [6.07, 6.45) is 4.17. The molecule has 0 aliphatic carbocycles. The van der Waals surface area contributed by atoms with Crippen molar-refractivity contribution in [2.75, 3.05) is 5.73 Å². The molecular weight excluding hydrogens is 473 g/mol. The molecule has 174 valence electrons. The molecular formula is C23H17ClFN9O. The van der Waals surface area contributed by atoms with Gasteiger partial charge in [-0.15, -0.1) is 5.10 Å². The average molecular weight is 490 g/mol. The highest BCUT2D eigenvalue weighted by Gasteiger charge is 2.29. The van der Waals surface area contributed by atoms with Crippen molar-refractivity contribution in [2.45, 2.75) is 18.9 Å². The first-order valence-electron chi connectivity index (χ1n) is 10.7. The molecule has 0 saturated heterocycles. The van der Waals surface area contributed by atoms with Gasteiger partial charge >= 0.3 is 0 Å². The molecule has 0 radical (unpaired) electrons. The summed E-state index contributed by atoms with van der Waals surface area (Å²) in [5.41, 5.74) is 9.04. The molecule has 12 heteroatoms. The van der Waals surface area contributed by atoms with Crippen molar-refractivity contribution in [3.8, 4) is 28.1 Å². The monoisotopic (exact) mass is 489 g/mol. The zero-order chi connectivity index (χ0) is 24.1. The van der Waals surface area contributed by atoms with Crippen LogP contribution in [0, 0.1) is 5.95 Å². The third-order valence-electron chi connectivity index (χ3n) is 6.07. The van der Waals surface area contributed by atoms with Gasteiger partial charge in [-0.2, -0.15) is 9.07 Å². The fraction of sp³-hybridized carbons (Fsp3) is 0.130. The summed E-state index contributed by atoms with van der Waals surface area (Å²) in [6.45, 7) is 0. The number of imidazole rings is 1. The highest BCUT2D eigenvalue weighted by atomic mass is 35.5. The summed E-state index contributed by atoms with van der Waals surface area (Å²) >= 11 is 6.26. The van der Waals surface area contributed by atoms with Crippen molar-refractivity contribution in [1.29, 1.82) is 0 Å². The summed E-state index contributed by atoms with van der Waals surface area (Å²) in [5, 5.41) is 11.9. The van der Waals surface area contributed by atoms with Gasteiger partial charge in [-0.3, -0.25) is 4.79 Å². The molecule has 0 unspecified atom stereocenters. The van der Waals surface area contributed by atoms with E-state index in [0.717, 1.165) is 11.3 Å². The quantitative estimate of drug-likeness (QED) is 0.396. The summed E-state index contributed by atoms with van der Waals surface area (Å²) < 4.78 is 17.9. The van der Waals surface area contributed by atoms with Crippen LogP contribution in [-0.4, -0.2) is 39.7 Å². The number of aromatic nitrogens is 8. The summed E-state index contributed by atoms with van der Waals surface area (Å²) in [5.74, 6) is 0.0543. The number of fused-ring (bicyclic) bond motifs is 1. The molecule has 5 heterocycles. The van der Waals surface area contributed by atoms with E-state index in [4.69, 9.17) is 17.3 Å². The molecule has 3 N–H and O–H groups in total. The summed E-state index contributed by atoms with van der Waals surface area (Å²) in [4.78, 5) is 24.4. The fourth-order valence-corrected chi connectivity index (χ4v) is 4.66. The van der Waals surface area contributed by atoms with E-state index in [1.165, 1.54) is 23.3 Å². The van der Waals surface area contributed by atoms with Crippen LogP contribution in [0.25, 0.3) is 28.1 Å². The largest absolute Gasteiger partial charge is 0.384 e. The number of nitrogen functional groups attached to an aromatic ring is 1. The molecule has 0 spiro atoms. The Balaban J connectivity index is 1.41. The zero-order valence-corrected chi connectivity index (χ0v) is 18.8. The molecule has 0 amide bonds. The Morgan fingerprint density at radius 3 is 2.80 bits per heavy atom. The van der Waals surface area contributed by atoms with E-state index in [-0.39, 0.29) is 11.3 Å². The van der Waals surface area contributed by atoms with E-state index in [2.05, 4.69) is 30.5 Å². The number of hydrogen-bond acceptors (Lipinski definition) is 7. The van der Waals surface area contributed by atoms with Crippen LogP contribution in [0.4, 0.5) is 10.2 Å².